The quantitative estimate of drug-likeness (QED) is 0.208. The third kappa shape index (κ3) is 14.1. The molecule has 4 rings (SSSR count). The molecule has 1 aliphatic rings. The van der Waals surface area contributed by atoms with Crippen molar-refractivity contribution >= 4 is 18.0 Å². The summed E-state index contributed by atoms with van der Waals surface area (Å²) in [6, 6.07) is 27.5. The first-order valence-electron chi connectivity index (χ1n) is 16.0. The predicted molar refractivity (Wildman–Crippen MR) is 182 cm³/mol. The van der Waals surface area contributed by atoms with Crippen molar-refractivity contribution in [3.05, 3.63) is 102 Å². The fourth-order valence-corrected chi connectivity index (χ4v) is 5.00. The van der Waals surface area contributed by atoms with Crippen LogP contribution in [0, 0.1) is 5.92 Å². The van der Waals surface area contributed by atoms with Gasteiger partial charge in [-0.05, 0) is 66.4 Å². The number of nitrogens with one attached hydrogen (secondary N) is 1. The van der Waals surface area contributed by atoms with Crippen LogP contribution in [0.4, 0.5) is 13.2 Å². The van der Waals surface area contributed by atoms with E-state index in [1.807, 2.05) is 41.3 Å². The average molecular weight is 653 g/mol. The molecule has 0 bridgehead atoms. The van der Waals surface area contributed by atoms with Crippen LogP contribution in [0.25, 0.3) is 17.2 Å². The molecule has 1 aliphatic heterocycles. The van der Waals surface area contributed by atoms with Gasteiger partial charge in [-0.1, -0.05) is 92.7 Å². The van der Waals surface area contributed by atoms with Gasteiger partial charge in [0.15, 0.2) is 0 Å². The number of carboxylic acids is 1. The highest BCUT2D eigenvalue weighted by molar-refractivity contribution is 5.91. The molecule has 1 amide bonds. The molecule has 1 fully saturated rings. The molecule has 7 nitrogen and oxygen atoms in total. The van der Waals surface area contributed by atoms with Crippen LogP contribution in [0.1, 0.15) is 37.0 Å². The number of carbonyl (C=O) groups is 2. The maximum absolute atomic E-state index is 13.3. The van der Waals surface area contributed by atoms with Crippen LogP contribution in [0.2, 0.25) is 0 Å². The summed E-state index contributed by atoms with van der Waals surface area (Å²) in [6.45, 7) is 13.2. The molecule has 0 spiro atoms. The van der Waals surface area contributed by atoms with Crippen LogP contribution in [0.3, 0.4) is 0 Å². The second kappa shape index (κ2) is 19.0. The zero-order valence-electron chi connectivity index (χ0n) is 27.5. The highest BCUT2D eigenvalue weighted by Gasteiger charge is 2.38. The lowest BCUT2D eigenvalue weighted by molar-refractivity contribution is -0.192. The summed E-state index contributed by atoms with van der Waals surface area (Å²) in [5.74, 6) is -2.04. The molecule has 0 aliphatic carbocycles. The Hall–Kier alpha value is -3.99. The third-order valence-corrected chi connectivity index (χ3v) is 7.77. The summed E-state index contributed by atoms with van der Waals surface area (Å²) in [5.41, 5.74) is 5.90. The molecule has 10 heteroatoms. The largest absolute Gasteiger partial charge is 0.490 e. The van der Waals surface area contributed by atoms with E-state index in [1.54, 1.807) is 6.08 Å². The number of likely N-dealkylation sites (N-methyl/N-ethyl adjacent to an activating group) is 1. The molecule has 0 unspecified atom stereocenters. The highest BCUT2D eigenvalue weighted by atomic mass is 19.4. The van der Waals surface area contributed by atoms with Crippen LogP contribution < -0.4 is 5.32 Å². The van der Waals surface area contributed by atoms with Crippen LogP contribution in [-0.4, -0.2) is 90.7 Å². The second-order valence-electron chi connectivity index (χ2n) is 12.2. The molecule has 0 aromatic heterocycles. The summed E-state index contributed by atoms with van der Waals surface area (Å²) < 4.78 is 31.7. The monoisotopic (exact) mass is 652 g/mol. The summed E-state index contributed by atoms with van der Waals surface area (Å²) in [7, 11) is 2.18. The van der Waals surface area contributed by atoms with E-state index in [9.17, 15) is 18.0 Å². The Labute approximate surface area is 276 Å². The van der Waals surface area contributed by atoms with Gasteiger partial charge in [0.05, 0.1) is 0 Å². The highest BCUT2D eigenvalue weighted by Crippen LogP contribution is 2.21. The van der Waals surface area contributed by atoms with Crippen LogP contribution in [-0.2, 0) is 22.7 Å². The van der Waals surface area contributed by atoms with Gasteiger partial charge >= 0.3 is 12.1 Å². The minimum atomic E-state index is -5.08. The van der Waals surface area contributed by atoms with Gasteiger partial charge in [0.25, 0.3) is 0 Å². The Morgan fingerprint density at radius 1 is 0.894 bits per heavy atom. The summed E-state index contributed by atoms with van der Waals surface area (Å²) >= 11 is 0. The predicted octanol–water partition coefficient (Wildman–Crippen LogP) is 6.41. The topological polar surface area (TPSA) is 76.1 Å². The van der Waals surface area contributed by atoms with E-state index in [-0.39, 0.29) is 5.91 Å². The summed E-state index contributed by atoms with van der Waals surface area (Å²) in [5, 5.41) is 10.6. The van der Waals surface area contributed by atoms with Gasteiger partial charge in [0, 0.05) is 51.9 Å². The number of aliphatic carboxylic acids is 1. The Balaban J connectivity index is 0.000000771. The van der Waals surface area contributed by atoms with Crippen molar-refractivity contribution in [3.63, 3.8) is 0 Å². The molecular formula is C37H47F3N4O3. The van der Waals surface area contributed by atoms with Crippen LogP contribution >= 0.6 is 0 Å². The first-order chi connectivity index (χ1) is 22.4. The van der Waals surface area contributed by atoms with Crippen LogP contribution in [0.15, 0.2) is 84.9 Å². The van der Waals surface area contributed by atoms with Gasteiger partial charge in [0.2, 0.25) is 5.91 Å². The molecule has 3 aromatic carbocycles. The van der Waals surface area contributed by atoms with Gasteiger partial charge in [-0.25, -0.2) is 4.79 Å². The zero-order valence-corrected chi connectivity index (χ0v) is 27.5. The number of hydrogen-bond acceptors (Lipinski definition) is 5. The molecule has 1 heterocycles. The summed E-state index contributed by atoms with van der Waals surface area (Å²) in [4.78, 5) is 29.1. The third-order valence-electron chi connectivity index (χ3n) is 7.77. The fourth-order valence-electron chi connectivity index (χ4n) is 5.00. The lowest BCUT2D eigenvalue weighted by Crippen LogP contribution is -2.45. The number of amides is 1. The van der Waals surface area contributed by atoms with E-state index in [1.165, 1.54) is 16.7 Å². The van der Waals surface area contributed by atoms with Crippen molar-refractivity contribution in [1.29, 1.82) is 0 Å². The Morgan fingerprint density at radius 2 is 1.45 bits per heavy atom. The van der Waals surface area contributed by atoms with Crippen molar-refractivity contribution in [3.8, 4) is 11.1 Å². The molecule has 1 saturated heterocycles. The van der Waals surface area contributed by atoms with E-state index in [2.05, 4.69) is 84.5 Å². The van der Waals surface area contributed by atoms with Gasteiger partial charge in [-0.3, -0.25) is 4.79 Å². The summed E-state index contributed by atoms with van der Waals surface area (Å²) in [6.07, 6.45) is -0.469. The van der Waals surface area contributed by atoms with Crippen LogP contribution in [0.5, 0.6) is 0 Å². The van der Waals surface area contributed by atoms with E-state index < -0.39 is 12.1 Å². The number of halogens is 3. The van der Waals surface area contributed by atoms with Crippen molar-refractivity contribution in [2.24, 2.45) is 5.92 Å². The zero-order chi connectivity index (χ0) is 34.2. The van der Waals surface area contributed by atoms with E-state index in [4.69, 9.17) is 9.90 Å². The minimum Gasteiger partial charge on any atom is -0.475 e. The van der Waals surface area contributed by atoms with Gasteiger partial charge in [-0.15, -0.1) is 0 Å². The maximum Gasteiger partial charge on any atom is 0.490 e. The minimum absolute atomic E-state index is 0.0629. The molecule has 2 N–H and O–H groups in total. The Morgan fingerprint density at radius 3 is 1.98 bits per heavy atom. The molecule has 0 atom stereocenters. The van der Waals surface area contributed by atoms with E-state index >= 15 is 0 Å². The van der Waals surface area contributed by atoms with E-state index in [0.29, 0.717) is 12.5 Å². The number of carbonyl (C=O) groups excluding carboxylic acids is 1. The average Bonchev–Trinajstić information content (AvgIpc) is 3.05. The smallest absolute Gasteiger partial charge is 0.475 e. The number of piperazine rings is 1. The van der Waals surface area contributed by atoms with E-state index in [0.717, 1.165) is 69.9 Å². The lowest BCUT2D eigenvalue weighted by atomic mass is 10.0. The number of carboxylic acid groups (broad SMARTS) is 1. The Bertz CT molecular complexity index is 1390. The van der Waals surface area contributed by atoms with Crippen molar-refractivity contribution < 1.29 is 27.9 Å². The van der Waals surface area contributed by atoms with Gasteiger partial charge in [-0.2, -0.15) is 13.2 Å². The molecule has 0 radical (unpaired) electrons. The molecular weight excluding hydrogens is 605 g/mol. The van der Waals surface area contributed by atoms with Crippen molar-refractivity contribution in [2.45, 2.75) is 39.5 Å². The van der Waals surface area contributed by atoms with Gasteiger partial charge < -0.3 is 25.1 Å². The standard InChI is InChI=1S/C35H46N4O.C2HF3O2/c1-29(2)26-36-27-31-10-15-33(16-11-31)34-17-12-32(13-18-34)28-39(21-7-20-38-24-22-37(3)23-25-38)35(40)19-14-30-8-5-4-6-9-30;3-2(4,5)1(6)7/h4-6,8-19,29,36H,7,20-28H2,1-3H3;(H,6,7)/b19-14+;. The fraction of sp³-hybridized carbons (Fsp3) is 0.405. The maximum atomic E-state index is 13.3. The number of nitrogens with zero attached hydrogens (tertiary/aromatic N) is 3. The normalized spacial score (nSPS) is 14.2. The second-order valence-corrected chi connectivity index (χ2v) is 12.2. The number of alkyl halides is 3. The SMILES string of the molecule is CC(C)CNCc1ccc(-c2ccc(CN(CCCN3CCN(C)CC3)C(=O)/C=C/c3ccccc3)cc2)cc1.O=C(O)C(F)(F)F. The van der Waals surface area contributed by atoms with Gasteiger partial charge in [0.1, 0.15) is 0 Å². The van der Waals surface area contributed by atoms with Crippen molar-refractivity contribution in [2.75, 3.05) is 52.9 Å². The lowest BCUT2D eigenvalue weighted by Gasteiger charge is -2.33. The van der Waals surface area contributed by atoms with Crippen molar-refractivity contribution in [1.82, 2.24) is 20.0 Å². The first kappa shape index (κ1) is 37.5. The molecule has 0 saturated carbocycles. The number of benzene rings is 3. The molecule has 254 valence electrons. The molecule has 3 aromatic rings. The Kier molecular flexibility index (Phi) is 15.1. The number of rotatable bonds is 13. The molecule has 47 heavy (non-hydrogen) atoms. The first-order valence-corrected chi connectivity index (χ1v) is 16.0. The number of hydrogen-bond donors (Lipinski definition) is 2.